The molecule has 1 N–H and O–H groups in total. The predicted octanol–water partition coefficient (Wildman–Crippen LogP) is -3.26. The molecule has 0 spiro atoms. The van der Waals surface area contributed by atoms with Gasteiger partial charge >= 0.3 is 51.4 Å². The van der Waals surface area contributed by atoms with Crippen molar-refractivity contribution in [2.75, 3.05) is 5.75 Å². The van der Waals surface area contributed by atoms with Crippen molar-refractivity contribution >= 4 is 16.1 Å². The minimum atomic E-state index is -3.89. The van der Waals surface area contributed by atoms with Gasteiger partial charge in [-0.1, -0.05) is 6.08 Å². The van der Waals surface area contributed by atoms with Crippen LogP contribution in [-0.2, 0) is 14.9 Å². The molecule has 0 atom stereocenters. The van der Waals surface area contributed by atoms with Gasteiger partial charge in [-0.25, -0.2) is 0 Å². The third-order valence-electron chi connectivity index (χ3n) is 1.63. The largest absolute Gasteiger partial charge is 1.00 e. The molecule has 0 aromatic heterocycles. The van der Waals surface area contributed by atoms with Crippen LogP contribution in [0.25, 0.3) is 0 Å². The first-order valence-corrected chi connectivity index (χ1v) is 5.77. The molecule has 0 aromatic carbocycles. The maximum Gasteiger partial charge on any atom is 1.00 e. The summed E-state index contributed by atoms with van der Waals surface area (Å²) in [6.45, 7) is 1.41. The number of hydrogen-bond acceptors (Lipinski definition) is 4. The molecule has 82 valence electrons. The smallest absolute Gasteiger partial charge is 0.545 e. The number of carbonyl (C=O) groups excluding carboxylic acids is 1. The molecular formula is C8H13KO5S. The van der Waals surface area contributed by atoms with Gasteiger partial charge in [0.15, 0.2) is 0 Å². The minimum Gasteiger partial charge on any atom is -0.545 e. The third-order valence-corrected chi connectivity index (χ3v) is 2.43. The van der Waals surface area contributed by atoms with E-state index in [0.717, 1.165) is 0 Å². The summed E-state index contributed by atoms with van der Waals surface area (Å²) in [6, 6.07) is 0. The van der Waals surface area contributed by atoms with E-state index in [9.17, 15) is 18.3 Å². The number of carboxylic acids is 1. The van der Waals surface area contributed by atoms with Gasteiger partial charge in [-0.05, 0) is 31.8 Å². The van der Waals surface area contributed by atoms with Gasteiger partial charge in [-0.3, -0.25) is 4.55 Å². The zero-order valence-electron chi connectivity index (χ0n) is 8.89. The summed E-state index contributed by atoms with van der Waals surface area (Å²) in [5.41, 5.74) is 0.136. The summed E-state index contributed by atoms with van der Waals surface area (Å²) < 4.78 is 28.9. The van der Waals surface area contributed by atoms with E-state index in [2.05, 4.69) is 0 Å². The van der Waals surface area contributed by atoms with Crippen LogP contribution >= 0.6 is 0 Å². The molecule has 15 heavy (non-hydrogen) atoms. The summed E-state index contributed by atoms with van der Waals surface area (Å²) in [7, 11) is -3.89. The molecule has 0 heterocycles. The van der Waals surface area contributed by atoms with E-state index in [1.165, 1.54) is 13.0 Å². The Balaban J connectivity index is 0. The van der Waals surface area contributed by atoms with Crippen LogP contribution in [0.4, 0.5) is 0 Å². The van der Waals surface area contributed by atoms with E-state index in [0.29, 0.717) is 19.3 Å². The third kappa shape index (κ3) is 12.7. The van der Waals surface area contributed by atoms with Crippen molar-refractivity contribution in [1.82, 2.24) is 0 Å². The molecule has 0 aliphatic carbocycles. The van der Waals surface area contributed by atoms with Crippen molar-refractivity contribution in [2.45, 2.75) is 26.2 Å². The number of aliphatic carboxylic acids is 1. The van der Waals surface area contributed by atoms with Gasteiger partial charge < -0.3 is 9.90 Å². The SMILES string of the molecule is CC(=CCCCCS(=O)(=O)O)C(=O)[O-].[K+]. The Hall–Kier alpha value is 0.756. The molecule has 0 rings (SSSR count). The molecule has 0 radical (unpaired) electrons. The zero-order chi connectivity index (χ0) is 11.2. The predicted molar refractivity (Wildman–Crippen MR) is 49.0 cm³/mol. The van der Waals surface area contributed by atoms with Gasteiger partial charge in [0.1, 0.15) is 0 Å². The Labute approximate surface area is 132 Å². The first-order chi connectivity index (χ1) is 6.33. The molecule has 0 aromatic rings. The maximum atomic E-state index is 10.3. The number of unbranched alkanes of at least 4 members (excludes halogenated alkanes) is 2. The molecule has 0 bridgehead atoms. The van der Waals surface area contributed by atoms with Crippen LogP contribution in [0.2, 0.25) is 0 Å². The Morgan fingerprint density at radius 1 is 1.40 bits per heavy atom. The Kier molecular flexibility index (Phi) is 10.7. The fraction of sp³-hybridized carbons (Fsp3) is 0.625. The van der Waals surface area contributed by atoms with Crippen LogP contribution < -0.4 is 56.5 Å². The second-order valence-corrected chi connectivity index (χ2v) is 4.53. The second kappa shape index (κ2) is 8.86. The molecule has 5 nitrogen and oxygen atoms in total. The van der Waals surface area contributed by atoms with E-state index in [-0.39, 0.29) is 62.7 Å². The average molecular weight is 260 g/mol. The molecule has 0 aliphatic rings. The van der Waals surface area contributed by atoms with Crippen LogP contribution in [0, 0.1) is 0 Å². The summed E-state index contributed by atoms with van der Waals surface area (Å²) in [4.78, 5) is 10.2. The van der Waals surface area contributed by atoms with Crippen molar-refractivity contribution in [3.63, 3.8) is 0 Å². The molecule has 7 heteroatoms. The number of carbonyl (C=O) groups is 1. The average Bonchev–Trinajstić information content (AvgIpc) is 2.01. The van der Waals surface area contributed by atoms with Gasteiger partial charge in [0.05, 0.1) is 11.7 Å². The molecular weight excluding hydrogens is 247 g/mol. The van der Waals surface area contributed by atoms with Gasteiger partial charge in [0.2, 0.25) is 0 Å². The summed E-state index contributed by atoms with van der Waals surface area (Å²) in [6.07, 6.45) is 2.77. The normalized spacial score (nSPS) is 12.0. The van der Waals surface area contributed by atoms with Gasteiger partial charge in [0, 0.05) is 0 Å². The first-order valence-electron chi connectivity index (χ1n) is 4.16. The van der Waals surface area contributed by atoms with Crippen molar-refractivity contribution in [1.29, 1.82) is 0 Å². The molecule has 0 amide bonds. The minimum absolute atomic E-state index is 0. The van der Waals surface area contributed by atoms with E-state index >= 15 is 0 Å². The van der Waals surface area contributed by atoms with E-state index in [1.54, 1.807) is 0 Å². The van der Waals surface area contributed by atoms with Crippen LogP contribution in [0.5, 0.6) is 0 Å². The van der Waals surface area contributed by atoms with Gasteiger partial charge in [-0.15, -0.1) is 0 Å². The number of hydrogen-bond donors (Lipinski definition) is 1. The standard InChI is InChI=1S/C8H14O5S.K/c1-7(8(9)10)5-3-2-4-6-14(11,12)13;/h5H,2-4,6H2,1H3,(H,9,10)(H,11,12,13);/q;+1/p-1. The van der Waals surface area contributed by atoms with Crippen molar-refractivity contribution in [3.8, 4) is 0 Å². The van der Waals surface area contributed by atoms with Crippen molar-refractivity contribution in [2.24, 2.45) is 0 Å². The van der Waals surface area contributed by atoms with Crippen LogP contribution in [0.3, 0.4) is 0 Å². The Bertz CT molecular complexity index is 320. The summed E-state index contributed by atoms with van der Waals surface area (Å²) in [5, 5.41) is 10.2. The second-order valence-electron chi connectivity index (χ2n) is 2.96. The summed E-state index contributed by atoms with van der Waals surface area (Å²) in [5.74, 6) is -1.51. The summed E-state index contributed by atoms with van der Waals surface area (Å²) >= 11 is 0. The molecule has 0 fully saturated rings. The van der Waals surface area contributed by atoms with Gasteiger partial charge in [0.25, 0.3) is 10.1 Å². The Morgan fingerprint density at radius 2 is 1.93 bits per heavy atom. The van der Waals surface area contributed by atoms with Crippen LogP contribution in [0.15, 0.2) is 11.6 Å². The van der Waals surface area contributed by atoms with Crippen molar-refractivity contribution in [3.05, 3.63) is 11.6 Å². The molecule has 0 saturated carbocycles. The van der Waals surface area contributed by atoms with Gasteiger partial charge in [-0.2, -0.15) is 8.42 Å². The fourth-order valence-electron chi connectivity index (χ4n) is 0.831. The first kappa shape index (κ1) is 18.1. The topological polar surface area (TPSA) is 94.5 Å². The quantitative estimate of drug-likeness (QED) is 0.234. The molecule has 0 unspecified atom stereocenters. The number of allylic oxidation sites excluding steroid dienone is 1. The zero-order valence-corrected chi connectivity index (χ0v) is 12.8. The maximum absolute atomic E-state index is 10.3. The molecule has 0 aliphatic heterocycles. The molecule has 0 saturated heterocycles. The van der Waals surface area contributed by atoms with Crippen LogP contribution in [-0.4, -0.2) is 24.7 Å². The van der Waals surface area contributed by atoms with Crippen LogP contribution in [0.1, 0.15) is 26.2 Å². The monoisotopic (exact) mass is 260 g/mol. The Morgan fingerprint density at radius 3 is 2.33 bits per heavy atom. The van der Waals surface area contributed by atoms with E-state index < -0.39 is 16.1 Å². The number of carboxylic acid groups (broad SMARTS) is 1. The number of rotatable bonds is 6. The van der Waals surface area contributed by atoms with Crippen molar-refractivity contribution < 1.29 is 74.3 Å². The van der Waals surface area contributed by atoms with E-state index in [4.69, 9.17) is 4.55 Å². The fourth-order valence-corrected chi connectivity index (χ4v) is 1.40. The van der Waals surface area contributed by atoms with E-state index in [1.807, 2.05) is 0 Å².